The molecule has 0 saturated carbocycles. The zero-order chi connectivity index (χ0) is 31.4. The molecule has 0 radical (unpaired) electrons. The lowest BCUT2D eigenvalue weighted by Gasteiger charge is -2.39. The number of amides is 2. The predicted octanol–water partition coefficient (Wildman–Crippen LogP) is 6.12. The minimum absolute atomic E-state index is 0. The molecule has 8 nitrogen and oxygen atoms in total. The van der Waals surface area contributed by atoms with Gasteiger partial charge in [0, 0.05) is 54.6 Å². The number of rotatable bonds is 8. The number of ether oxygens (including phenoxy) is 1. The number of hydrogen-bond donors (Lipinski definition) is 0. The van der Waals surface area contributed by atoms with E-state index in [9.17, 15) is 13.2 Å². The fraction of sp³-hybridized carbons (Fsp3) is 0.333. The summed E-state index contributed by atoms with van der Waals surface area (Å²) in [6.07, 6.45) is 6.94. The molecule has 12 heteroatoms. The van der Waals surface area contributed by atoms with E-state index in [-0.39, 0.29) is 24.2 Å². The maximum Gasteiger partial charge on any atom is 0.326 e. The Morgan fingerprint density at radius 3 is 2.13 bits per heavy atom. The minimum atomic E-state index is -3.08. The lowest BCUT2D eigenvalue weighted by molar-refractivity contribution is 0.122. The molecule has 2 heterocycles. The molecule has 0 spiro atoms. The van der Waals surface area contributed by atoms with Crippen LogP contribution in [0, 0.1) is 12.3 Å². The van der Waals surface area contributed by atoms with Gasteiger partial charge >= 0.3 is 6.03 Å². The van der Waals surface area contributed by atoms with E-state index >= 15 is 0 Å². The first-order chi connectivity index (χ1) is 21.1. The molecule has 0 bridgehead atoms. The highest BCUT2D eigenvalue weighted by molar-refractivity contribution is 7.90. The minimum Gasteiger partial charge on any atom is -0.493 e. The van der Waals surface area contributed by atoms with Gasteiger partial charge in [-0.3, -0.25) is 14.8 Å². The molecule has 238 valence electrons. The number of urea groups is 1. The van der Waals surface area contributed by atoms with Crippen molar-refractivity contribution in [2.75, 3.05) is 51.3 Å². The van der Waals surface area contributed by atoms with E-state index in [1.165, 1.54) is 6.26 Å². The summed E-state index contributed by atoms with van der Waals surface area (Å²) in [6.45, 7) is 4.74. The van der Waals surface area contributed by atoms with E-state index in [1.807, 2.05) is 67.6 Å². The number of amidine groups is 1. The maximum absolute atomic E-state index is 14.6. The lowest BCUT2D eigenvalue weighted by atomic mass is 9.93. The summed E-state index contributed by atoms with van der Waals surface area (Å²) in [4.78, 5) is 25.5. The normalized spacial score (nSPS) is 18.6. The number of nitrogens with zero attached hydrogens (tertiary/aromatic N) is 4. The second-order valence-corrected chi connectivity index (χ2v) is 14.0. The summed E-state index contributed by atoms with van der Waals surface area (Å²) >= 11 is 12.5. The van der Waals surface area contributed by atoms with Gasteiger partial charge in [0.2, 0.25) is 0 Å². The fourth-order valence-corrected chi connectivity index (χ4v) is 6.38. The zero-order valence-corrected chi connectivity index (χ0v) is 28.2. The smallest absolute Gasteiger partial charge is 0.326 e. The van der Waals surface area contributed by atoms with Gasteiger partial charge < -0.3 is 9.64 Å². The van der Waals surface area contributed by atoms with Gasteiger partial charge in [-0.1, -0.05) is 53.4 Å². The van der Waals surface area contributed by atoms with E-state index in [0.717, 1.165) is 11.1 Å². The molecule has 2 amide bonds. The molecule has 3 aromatic rings. The van der Waals surface area contributed by atoms with Crippen LogP contribution in [-0.4, -0.2) is 86.3 Å². The lowest BCUT2D eigenvalue weighted by Crippen LogP contribution is -2.54. The molecule has 2 atom stereocenters. The number of sulfone groups is 1. The molecule has 2 aliphatic rings. The van der Waals surface area contributed by atoms with Crippen LogP contribution in [0.4, 0.5) is 4.79 Å². The molecule has 5 rings (SSSR count). The topological polar surface area (TPSA) is 82.5 Å². The highest BCUT2D eigenvalue weighted by atomic mass is 35.5. The van der Waals surface area contributed by atoms with Crippen molar-refractivity contribution in [2.24, 2.45) is 4.99 Å². The predicted molar refractivity (Wildman–Crippen MR) is 183 cm³/mol. The van der Waals surface area contributed by atoms with Crippen LogP contribution in [-0.2, 0) is 9.84 Å². The largest absolute Gasteiger partial charge is 0.493 e. The van der Waals surface area contributed by atoms with Gasteiger partial charge in [0.25, 0.3) is 0 Å². The first-order valence-electron chi connectivity index (χ1n) is 14.4. The van der Waals surface area contributed by atoms with Gasteiger partial charge in [-0.15, -0.1) is 18.8 Å². The molecule has 0 aromatic heterocycles. The van der Waals surface area contributed by atoms with Gasteiger partial charge in [-0.25, -0.2) is 13.2 Å². The summed E-state index contributed by atoms with van der Waals surface area (Å²) in [7, 11) is -3.08. The van der Waals surface area contributed by atoms with Crippen LogP contribution >= 0.6 is 35.6 Å². The molecule has 3 aromatic carbocycles. The van der Waals surface area contributed by atoms with Crippen LogP contribution < -0.4 is 4.74 Å². The fourth-order valence-electron chi connectivity index (χ4n) is 5.54. The number of terminal acetylenes is 1. The number of hydrogen-bond acceptors (Lipinski definition) is 6. The van der Waals surface area contributed by atoms with E-state index in [2.05, 4.69) is 10.8 Å². The third-order valence-corrected chi connectivity index (χ3v) is 9.23. The third-order valence-electron chi connectivity index (χ3n) is 7.81. The van der Waals surface area contributed by atoms with Gasteiger partial charge in [0.05, 0.1) is 24.0 Å². The third kappa shape index (κ3) is 8.13. The van der Waals surface area contributed by atoms with Crippen molar-refractivity contribution >= 4 is 57.3 Å². The summed E-state index contributed by atoms with van der Waals surface area (Å²) in [5.41, 5.74) is 3.07. The SMILES string of the molecule is C#Cc1ccc(C2=N[C@@H](c3ccc(Cl)cc3)[C@@H](c3ccc(Cl)cc3)N2C(=O)N2CCN(CCS(C)(=O)=O)CC2)c(OCC)c1.Cl. The standard InChI is InChI=1S/C33H34Cl2N4O4S.ClH/c1-4-23-6-15-28(29(22-23)43-5-2)32-36-30(24-7-11-26(34)12-8-24)31(25-9-13-27(35)14-10-25)39(32)33(40)38-18-16-37(17-19-38)20-21-44(3,41)42;/h1,6-15,22,30-31H,5,16-21H2,2-3H3;1H/t30-,31+;/m0./s1. The second-order valence-electron chi connectivity index (χ2n) is 10.8. The molecule has 0 aliphatic carbocycles. The summed E-state index contributed by atoms with van der Waals surface area (Å²) in [6, 6.07) is 19.3. The average Bonchev–Trinajstić information content (AvgIpc) is 3.40. The first-order valence-corrected chi connectivity index (χ1v) is 17.2. The molecule has 0 N–H and O–H groups in total. The number of aliphatic imine (C=N–C) groups is 1. The Hall–Kier alpha value is -3.26. The summed E-state index contributed by atoms with van der Waals surface area (Å²) in [5, 5.41) is 1.19. The zero-order valence-electron chi connectivity index (χ0n) is 25.0. The molecular formula is C33H35Cl3N4O4S. The van der Waals surface area contributed by atoms with E-state index in [1.54, 1.807) is 15.9 Å². The van der Waals surface area contributed by atoms with Crippen LogP contribution in [0.25, 0.3) is 0 Å². The van der Waals surface area contributed by atoms with Crippen molar-refractivity contribution in [1.82, 2.24) is 14.7 Å². The molecule has 1 fully saturated rings. The molecular weight excluding hydrogens is 655 g/mol. The molecule has 1 saturated heterocycles. The van der Waals surface area contributed by atoms with E-state index < -0.39 is 21.9 Å². The Morgan fingerprint density at radius 2 is 1.58 bits per heavy atom. The van der Waals surface area contributed by atoms with Crippen molar-refractivity contribution < 1.29 is 17.9 Å². The number of halogens is 3. The number of carbonyl (C=O) groups is 1. The molecule has 45 heavy (non-hydrogen) atoms. The Labute approximate surface area is 281 Å². The Bertz CT molecular complexity index is 1680. The van der Waals surface area contributed by atoms with Crippen molar-refractivity contribution in [3.05, 3.63) is 99.0 Å². The van der Waals surface area contributed by atoms with Crippen molar-refractivity contribution in [3.63, 3.8) is 0 Å². The van der Waals surface area contributed by atoms with Gasteiger partial charge in [-0.05, 0) is 60.5 Å². The number of benzene rings is 3. The van der Waals surface area contributed by atoms with Gasteiger partial charge in [0.15, 0.2) is 0 Å². The van der Waals surface area contributed by atoms with Gasteiger partial charge in [-0.2, -0.15) is 0 Å². The number of carbonyl (C=O) groups excluding carboxylic acids is 1. The van der Waals surface area contributed by atoms with E-state index in [4.69, 9.17) is 39.4 Å². The van der Waals surface area contributed by atoms with Crippen LogP contribution in [0.1, 0.15) is 41.3 Å². The van der Waals surface area contributed by atoms with Crippen molar-refractivity contribution in [1.29, 1.82) is 0 Å². The van der Waals surface area contributed by atoms with Crippen molar-refractivity contribution in [3.8, 4) is 18.1 Å². The summed E-state index contributed by atoms with van der Waals surface area (Å²) < 4.78 is 29.5. The van der Waals surface area contributed by atoms with Crippen LogP contribution in [0.3, 0.4) is 0 Å². The Morgan fingerprint density at radius 1 is 0.978 bits per heavy atom. The van der Waals surface area contributed by atoms with Crippen LogP contribution in [0.5, 0.6) is 5.75 Å². The second kappa shape index (κ2) is 14.9. The first kappa shape index (κ1) is 34.6. The van der Waals surface area contributed by atoms with Crippen molar-refractivity contribution in [2.45, 2.75) is 19.0 Å². The quantitative estimate of drug-likeness (QED) is 0.266. The molecule has 2 aliphatic heterocycles. The maximum atomic E-state index is 14.6. The average molecular weight is 690 g/mol. The highest BCUT2D eigenvalue weighted by Gasteiger charge is 2.45. The van der Waals surface area contributed by atoms with Crippen LogP contribution in [0.2, 0.25) is 10.0 Å². The monoisotopic (exact) mass is 688 g/mol. The molecule has 0 unspecified atom stereocenters. The number of piperazine rings is 1. The highest BCUT2D eigenvalue weighted by Crippen LogP contribution is 2.45. The van der Waals surface area contributed by atoms with Gasteiger partial charge in [0.1, 0.15) is 27.5 Å². The Kier molecular flexibility index (Phi) is 11.5. The van der Waals surface area contributed by atoms with Crippen LogP contribution in [0.15, 0.2) is 71.7 Å². The van der Waals surface area contributed by atoms with E-state index in [0.29, 0.717) is 72.1 Å². The summed E-state index contributed by atoms with van der Waals surface area (Å²) in [5.74, 6) is 3.75. The Balaban J connectivity index is 0.00000461.